The molecule has 28 heavy (non-hydrogen) atoms. The van der Waals surface area contributed by atoms with Gasteiger partial charge < -0.3 is 10.5 Å². The summed E-state index contributed by atoms with van der Waals surface area (Å²) in [7, 11) is 1.57. The van der Waals surface area contributed by atoms with Crippen LogP contribution in [0, 0.1) is 5.92 Å². The van der Waals surface area contributed by atoms with E-state index in [1.165, 1.54) is 0 Å². The van der Waals surface area contributed by atoms with Crippen LogP contribution < -0.4 is 5.73 Å². The number of amides is 1. The van der Waals surface area contributed by atoms with Crippen LogP contribution in [0.5, 0.6) is 0 Å². The number of ether oxygens (including phenoxy) is 1. The Kier molecular flexibility index (Phi) is 5.74. The number of allylic oxidation sites excluding steroid dienone is 2. The highest BCUT2D eigenvalue weighted by atomic mass is 19.4. The number of halogens is 3. The van der Waals surface area contributed by atoms with Crippen LogP contribution in [0.2, 0.25) is 0 Å². The number of carbonyl (C=O) groups is 1. The van der Waals surface area contributed by atoms with Crippen molar-refractivity contribution in [2.24, 2.45) is 11.7 Å². The van der Waals surface area contributed by atoms with E-state index in [-0.39, 0.29) is 18.8 Å². The highest BCUT2D eigenvalue weighted by Gasteiger charge is 2.39. The molecule has 2 atom stereocenters. The standard InChI is InChI=1S/C21H23F3N2O2/c1-12(11-28-2)18-17(20(25)27)10-14-4-3-5-16(19(14)26-18)13-6-8-15(9-7-13)21(22,23)24/h3-6,10,12,15H,7-9,11H2,1-2H3,(H2,25,27)/t12-,15?/m0/s1. The molecule has 2 N–H and O–H groups in total. The first-order valence-electron chi connectivity index (χ1n) is 9.21. The predicted molar refractivity (Wildman–Crippen MR) is 102 cm³/mol. The number of benzene rings is 1. The molecule has 1 amide bonds. The molecule has 150 valence electrons. The van der Waals surface area contributed by atoms with Crippen molar-refractivity contribution in [3.05, 3.63) is 47.2 Å². The first kappa shape index (κ1) is 20.3. The van der Waals surface area contributed by atoms with Crippen molar-refractivity contribution in [1.29, 1.82) is 0 Å². The summed E-state index contributed by atoms with van der Waals surface area (Å²) < 4.78 is 44.1. The number of alkyl halides is 3. The van der Waals surface area contributed by atoms with Gasteiger partial charge in [0.1, 0.15) is 0 Å². The van der Waals surface area contributed by atoms with E-state index in [1.807, 2.05) is 25.1 Å². The minimum absolute atomic E-state index is 0.0263. The number of aromatic nitrogens is 1. The van der Waals surface area contributed by atoms with Crippen LogP contribution in [0.1, 0.15) is 53.7 Å². The number of pyridine rings is 1. The van der Waals surface area contributed by atoms with Crippen LogP contribution in [0.15, 0.2) is 30.3 Å². The van der Waals surface area contributed by atoms with Crippen LogP contribution in [-0.4, -0.2) is 30.8 Å². The summed E-state index contributed by atoms with van der Waals surface area (Å²) in [6.07, 6.45) is -2.12. The number of nitrogens with two attached hydrogens (primary N) is 1. The van der Waals surface area contributed by atoms with Crippen LogP contribution in [0.25, 0.3) is 16.5 Å². The first-order valence-corrected chi connectivity index (χ1v) is 9.21. The van der Waals surface area contributed by atoms with Gasteiger partial charge in [-0.25, -0.2) is 0 Å². The molecule has 3 rings (SSSR count). The molecule has 0 aliphatic heterocycles. The number of hydrogen-bond acceptors (Lipinski definition) is 3. The van der Waals surface area contributed by atoms with Crippen molar-refractivity contribution < 1.29 is 22.7 Å². The quantitative estimate of drug-likeness (QED) is 0.793. The van der Waals surface area contributed by atoms with Gasteiger partial charge in [0.25, 0.3) is 5.91 Å². The van der Waals surface area contributed by atoms with E-state index in [0.717, 1.165) is 16.5 Å². The minimum atomic E-state index is -4.17. The summed E-state index contributed by atoms with van der Waals surface area (Å²) in [4.78, 5) is 16.6. The molecule has 0 radical (unpaired) electrons. The Morgan fingerprint density at radius 1 is 1.39 bits per heavy atom. The fourth-order valence-corrected chi connectivity index (χ4v) is 3.75. The number of nitrogens with zero attached hydrogens (tertiary/aromatic N) is 1. The Balaban J connectivity index is 2.08. The topological polar surface area (TPSA) is 65.2 Å². The zero-order valence-electron chi connectivity index (χ0n) is 15.8. The Morgan fingerprint density at radius 2 is 2.14 bits per heavy atom. The average Bonchev–Trinajstić information content (AvgIpc) is 2.66. The van der Waals surface area contributed by atoms with E-state index in [1.54, 1.807) is 19.3 Å². The Labute approximate surface area is 161 Å². The molecule has 0 spiro atoms. The summed E-state index contributed by atoms with van der Waals surface area (Å²) in [6, 6.07) is 7.21. The molecule has 1 unspecified atom stereocenters. The number of methoxy groups -OCH3 is 1. The van der Waals surface area contributed by atoms with E-state index in [9.17, 15) is 18.0 Å². The Morgan fingerprint density at radius 3 is 2.71 bits per heavy atom. The molecule has 0 fully saturated rings. The lowest BCUT2D eigenvalue weighted by molar-refractivity contribution is -0.175. The normalized spacial score (nSPS) is 18.8. The molecule has 7 heteroatoms. The predicted octanol–water partition coefficient (Wildman–Crippen LogP) is 4.83. The van der Waals surface area contributed by atoms with Crippen molar-refractivity contribution in [3.63, 3.8) is 0 Å². The fraction of sp³-hybridized carbons (Fsp3) is 0.429. The van der Waals surface area contributed by atoms with E-state index >= 15 is 0 Å². The number of para-hydroxylation sites is 1. The molecule has 0 saturated carbocycles. The SMILES string of the molecule is COC[C@H](C)c1nc2c(C3=CCC(C(F)(F)F)CC3)cccc2cc1C(N)=O. The third-order valence-electron chi connectivity index (χ3n) is 5.24. The summed E-state index contributed by atoms with van der Waals surface area (Å²) in [5.74, 6) is -2.01. The zero-order valence-corrected chi connectivity index (χ0v) is 15.8. The number of carbonyl (C=O) groups excluding carboxylic acids is 1. The second-order valence-electron chi connectivity index (χ2n) is 7.26. The van der Waals surface area contributed by atoms with Gasteiger partial charge in [-0.1, -0.05) is 31.2 Å². The molecule has 2 aromatic rings. The zero-order chi connectivity index (χ0) is 20.5. The van der Waals surface area contributed by atoms with Gasteiger partial charge in [0.15, 0.2) is 0 Å². The Bertz CT molecular complexity index is 922. The van der Waals surface area contributed by atoms with Gasteiger partial charge in [0, 0.05) is 24.0 Å². The number of hydrogen-bond donors (Lipinski definition) is 1. The van der Waals surface area contributed by atoms with Crippen molar-refractivity contribution in [2.45, 2.75) is 38.3 Å². The molecular weight excluding hydrogens is 369 g/mol. The fourth-order valence-electron chi connectivity index (χ4n) is 3.75. The van der Waals surface area contributed by atoms with E-state index in [0.29, 0.717) is 29.8 Å². The summed E-state index contributed by atoms with van der Waals surface area (Å²) in [5.41, 5.74) is 8.75. The Hall–Kier alpha value is -2.41. The minimum Gasteiger partial charge on any atom is -0.384 e. The van der Waals surface area contributed by atoms with Gasteiger partial charge >= 0.3 is 6.18 Å². The summed E-state index contributed by atoms with van der Waals surface area (Å²) in [5, 5.41) is 0.735. The van der Waals surface area contributed by atoms with Crippen molar-refractivity contribution in [3.8, 4) is 0 Å². The number of fused-ring (bicyclic) bond motifs is 1. The molecule has 1 aliphatic carbocycles. The number of primary amides is 1. The van der Waals surface area contributed by atoms with Gasteiger partial charge in [-0.05, 0) is 30.9 Å². The van der Waals surface area contributed by atoms with Crippen LogP contribution in [0.3, 0.4) is 0 Å². The van der Waals surface area contributed by atoms with Crippen LogP contribution in [-0.2, 0) is 4.74 Å². The van der Waals surface area contributed by atoms with Gasteiger partial charge in [-0.3, -0.25) is 9.78 Å². The lowest BCUT2D eigenvalue weighted by atomic mass is 9.85. The lowest BCUT2D eigenvalue weighted by Crippen LogP contribution is -2.24. The molecule has 4 nitrogen and oxygen atoms in total. The van der Waals surface area contributed by atoms with E-state index in [2.05, 4.69) is 0 Å². The number of rotatable bonds is 5. The summed E-state index contributed by atoms with van der Waals surface area (Å²) >= 11 is 0. The third kappa shape index (κ3) is 4.04. The van der Waals surface area contributed by atoms with Crippen LogP contribution >= 0.6 is 0 Å². The third-order valence-corrected chi connectivity index (χ3v) is 5.24. The van der Waals surface area contributed by atoms with Crippen LogP contribution in [0.4, 0.5) is 13.2 Å². The van der Waals surface area contributed by atoms with Gasteiger partial charge in [-0.2, -0.15) is 13.2 Å². The molecule has 1 aromatic heterocycles. The average molecular weight is 392 g/mol. The molecule has 0 saturated heterocycles. The highest BCUT2D eigenvalue weighted by Crippen LogP contribution is 2.40. The summed E-state index contributed by atoms with van der Waals surface area (Å²) in [6.45, 7) is 2.26. The monoisotopic (exact) mass is 392 g/mol. The van der Waals surface area contributed by atoms with E-state index < -0.39 is 18.0 Å². The maximum absolute atomic E-state index is 13.0. The largest absolute Gasteiger partial charge is 0.392 e. The molecule has 0 bridgehead atoms. The van der Waals surface area contributed by atoms with E-state index in [4.69, 9.17) is 15.5 Å². The van der Waals surface area contributed by atoms with Crippen molar-refractivity contribution >= 4 is 22.4 Å². The molecular formula is C21H23F3N2O2. The first-order chi connectivity index (χ1) is 13.2. The highest BCUT2D eigenvalue weighted by molar-refractivity contribution is 6.00. The van der Waals surface area contributed by atoms with Gasteiger partial charge in [-0.15, -0.1) is 0 Å². The molecule has 1 aliphatic rings. The maximum atomic E-state index is 13.0. The van der Waals surface area contributed by atoms with Gasteiger partial charge in [0.2, 0.25) is 0 Å². The molecule has 1 heterocycles. The van der Waals surface area contributed by atoms with Crippen molar-refractivity contribution in [2.75, 3.05) is 13.7 Å². The second kappa shape index (κ2) is 7.91. The lowest BCUT2D eigenvalue weighted by Gasteiger charge is -2.25. The molecule has 1 aromatic carbocycles. The smallest absolute Gasteiger partial charge is 0.384 e. The van der Waals surface area contributed by atoms with Gasteiger partial charge in [0.05, 0.1) is 29.3 Å². The second-order valence-corrected chi connectivity index (χ2v) is 7.26. The van der Waals surface area contributed by atoms with Crippen molar-refractivity contribution in [1.82, 2.24) is 4.98 Å². The maximum Gasteiger partial charge on any atom is 0.392 e.